The van der Waals surface area contributed by atoms with E-state index < -0.39 is 0 Å². The summed E-state index contributed by atoms with van der Waals surface area (Å²) >= 11 is 1.48. The van der Waals surface area contributed by atoms with Crippen LogP contribution in [0.25, 0.3) is 0 Å². The lowest BCUT2D eigenvalue weighted by atomic mass is 10.2. The van der Waals surface area contributed by atoms with Crippen molar-refractivity contribution in [3.63, 3.8) is 0 Å². The fourth-order valence-corrected chi connectivity index (χ4v) is 2.59. The molecule has 2 N–H and O–H groups in total. The molecule has 4 nitrogen and oxygen atoms in total. The van der Waals surface area contributed by atoms with Crippen LogP contribution in [0, 0.1) is 5.92 Å². The summed E-state index contributed by atoms with van der Waals surface area (Å²) in [5.74, 6) is 1.57. The molecule has 2 rings (SSSR count). The van der Waals surface area contributed by atoms with Crippen molar-refractivity contribution in [3.8, 4) is 5.75 Å². The molecule has 1 amide bonds. The lowest BCUT2D eigenvalue weighted by Crippen LogP contribution is -2.34. The van der Waals surface area contributed by atoms with Gasteiger partial charge in [-0.3, -0.25) is 4.79 Å². The van der Waals surface area contributed by atoms with E-state index in [4.69, 9.17) is 4.74 Å². The SMILES string of the molecule is CCOc1ccc(SCC(=O)NCC(O)C2CC2)cc1. The Morgan fingerprint density at radius 2 is 2.15 bits per heavy atom. The van der Waals surface area contributed by atoms with Crippen LogP contribution in [0.5, 0.6) is 5.75 Å². The molecular weight excluding hydrogens is 274 g/mol. The molecule has 1 aliphatic carbocycles. The normalized spacial score (nSPS) is 15.7. The van der Waals surface area contributed by atoms with Gasteiger partial charge in [-0.2, -0.15) is 0 Å². The highest BCUT2D eigenvalue weighted by atomic mass is 32.2. The number of rotatable bonds is 8. The van der Waals surface area contributed by atoms with Gasteiger partial charge in [0.25, 0.3) is 0 Å². The molecule has 1 unspecified atom stereocenters. The molecule has 0 bridgehead atoms. The van der Waals surface area contributed by atoms with Gasteiger partial charge in [-0.05, 0) is 49.9 Å². The van der Waals surface area contributed by atoms with Crippen LogP contribution in [0.4, 0.5) is 0 Å². The molecule has 0 heterocycles. The van der Waals surface area contributed by atoms with Gasteiger partial charge in [0.1, 0.15) is 5.75 Å². The molecule has 0 aliphatic heterocycles. The largest absolute Gasteiger partial charge is 0.494 e. The van der Waals surface area contributed by atoms with Crippen molar-refractivity contribution in [2.45, 2.75) is 30.8 Å². The third-order valence-corrected chi connectivity index (χ3v) is 4.19. The Labute approximate surface area is 123 Å². The lowest BCUT2D eigenvalue weighted by molar-refractivity contribution is -0.119. The second-order valence-corrected chi connectivity index (χ2v) is 5.95. The molecule has 1 atom stereocenters. The van der Waals surface area contributed by atoms with E-state index in [1.807, 2.05) is 31.2 Å². The predicted molar refractivity (Wildman–Crippen MR) is 80.1 cm³/mol. The molecule has 20 heavy (non-hydrogen) atoms. The molecular formula is C15H21NO3S. The molecule has 1 aromatic rings. The molecule has 0 saturated heterocycles. The van der Waals surface area contributed by atoms with E-state index in [9.17, 15) is 9.90 Å². The van der Waals surface area contributed by atoms with Crippen molar-refractivity contribution in [3.05, 3.63) is 24.3 Å². The van der Waals surface area contributed by atoms with Crippen LogP contribution >= 0.6 is 11.8 Å². The second kappa shape index (κ2) is 7.55. The Balaban J connectivity index is 1.66. The minimum Gasteiger partial charge on any atom is -0.494 e. The molecule has 0 aromatic heterocycles. The van der Waals surface area contributed by atoms with Crippen molar-refractivity contribution in [1.82, 2.24) is 5.32 Å². The third kappa shape index (κ3) is 5.06. The average molecular weight is 295 g/mol. The molecule has 1 aliphatic rings. The number of benzene rings is 1. The van der Waals surface area contributed by atoms with E-state index in [-0.39, 0.29) is 12.0 Å². The van der Waals surface area contributed by atoms with Crippen molar-refractivity contribution >= 4 is 17.7 Å². The van der Waals surface area contributed by atoms with Crippen molar-refractivity contribution < 1.29 is 14.6 Å². The van der Waals surface area contributed by atoms with Gasteiger partial charge < -0.3 is 15.2 Å². The van der Waals surface area contributed by atoms with Crippen LogP contribution in [-0.2, 0) is 4.79 Å². The summed E-state index contributed by atoms with van der Waals surface area (Å²) in [5.41, 5.74) is 0. The number of carbonyl (C=O) groups excluding carboxylic acids is 1. The number of carbonyl (C=O) groups is 1. The highest BCUT2D eigenvalue weighted by Crippen LogP contribution is 2.32. The number of aliphatic hydroxyl groups excluding tert-OH is 1. The Kier molecular flexibility index (Phi) is 5.73. The zero-order valence-corrected chi connectivity index (χ0v) is 12.5. The van der Waals surface area contributed by atoms with E-state index in [1.165, 1.54) is 11.8 Å². The van der Waals surface area contributed by atoms with Crippen molar-refractivity contribution in [1.29, 1.82) is 0 Å². The minimum atomic E-state index is -0.380. The van der Waals surface area contributed by atoms with Crippen molar-refractivity contribution in [2.75, 3.05) is 18.9 Å². The summed E-state index contributed by atoms with van der Waals surface area (Å²) in [6.45, 7) is 2.97. The number of aliphatic hydroxyl groups is 1. The monoisotopic (exact) mass is 295 g/mol. The van der Waals surface area contributed by atoms with Gasteiger partial charge in [-0.1, -0.05) is 0 Å². The number of thioether (sulfide) groups is 1. The van der Waals surface area contributed by atoms with E-state index in [0.717, 1.165) is 23.5 Å². The molecule has 5 heteroatoms. The predicted octanol–water partition coefficient (Wildman–Crippen LogP) is 2.06. The number of nitrogens with one attached hydrogen (secondary N) is 1. The molecule has 1 saturated carbocycles. The van der Waals surface area contributed by atoms with E-state index in [2.05, 4.69) is 5.32 Å². The number of hydrogen-bond acceptors (Lipinski definition) is 4. The first-order valence-corrected chi connectivity index (χ1v) is 7.98. The summed E-state index contributed by atoms with van der Waals surface area (Å²) in [6, 6.07) is 7.70. The standard InChI is InChI=1S/C15H21NO3S/c1-2-19-12-5-7-13(8-6-12)20-10-15(18)16-9-14(17)11-3-4-11/h5-8,11,14,17H,2-4,9-10H2,1H3,(H,16,18). The van der Waals surface area contributed by atoms with Crippen molar-refractivity contribution in [2.24, 2.45) is 5.92 Å². The first-order valence-electron chi connectivity index (χ1n) is 6.99. The van der Waals surface area contributed by atoms with Gasteiger partial charge >= 0.3 is 0 Å². The highest BCUT2D eigenvalue weighted by Gasteiger charge is 2.29. The maximum absolute atomic E-state index is 11.7. The van der Waals surface area contributed by atoms with Crippen LogP contribution in [0.15, 0.2) is 29.2 Å². The Bertz CT molecular complexity index is 431. The van der Waals surface area contributed by atoms with E-state index in [1.54, 1.807) is 0 Å². The zero-order valence-electron chi connectivity index (χ0n) is 11.7. The Morgan fingerprint density at radius 3 is 2.75 bits per heavy atom. The topological polar surface area (TPSA) is 58.6 Å². The maximum Gasteiger partial charge on any atom is 0.230 e. The quantitative estimate of drug-likeness (QED) is 0.721. The maximum atomic E-state index is 11.7. The molecule has 1 fully saturated rings. The van der Waals surface area contributed by atoms with E-state index in [0.29, 0.717) is 24.8 Å². The lowest BCUT2D eigenvalue weighted by Gasteiger charge is -2.10. The van der Waals surface area contributed by atoms with Gasteiger partial charge in [-0.15, -0.1) is 11.8 Å². The summed E-state index contributed by atoms with van der Waals surface area (Å²) in [4.78, 5) is 12.7. The van der Waals surface area contributed by atoms with Crippen LogP contribution in [0.2, 0.25) is 0 Å². The smallest absolute Gasteiger partial charge is 0.230 e. The highest BCUT2D eigenvalue weighted by molar-refractivity contribution is 8.00. The molecule has 110 valence electrons. The number of amides is 1. The van der Waals surface area contributed by atoms with Crippen LogP contribution in [0.1, 0.15) is 19.8 Å². The fraction of sp³-hybridized carbons (Fsp3) is 0.533. The first kappa shape index (κ1) is 15.2. The minimum absolute atomic E-state index is 0.0383. The van der Waals surface area contributed by atoms with Crippen LogP contribution in [-0.4, -0.2) is 36.0 Å². The van der Waals surface area contributed by atoms with Gasteiger partial charge in [0.15, 0.2) is 0 Å². The number of hydrogen-bond donors (Lipinski definition) is 2. The van der Waals surface area contributed by atoms with Crippen LogP contribution in [0.3, 0.4) is 0 Å². The fourth-order valence-electron chi connectivity index (χ4n) is 1.86. The number of ether oxygens (including phenoxy) is 1. The van der Waals surface area contributed by atoms with Gasteiger partial charge in [0.05, 0.1) is 18.5 Å². The second-order valence-electron chi connectivity index (χ2n) is 4.90. The molecule has 0 radical (unpaired) electrons. The summed E-state index contributed by atoms with van der Waals surface area (Å²) in [6.07, 6.45) is 1.78. The zero-order chi connectivity index (χ0) is 14.4. The van der Waals surface area contributed by atoms with E-state index >= 15 is 0 Å². The Hall–Kier alpha value is -1.20. The third-order valence-electron chi connectivity index (χ3n) is 3.18. The van der Waals surface area contributed by atoms with Gasteiger partial charge in [0.2, 0.25) is 5.91 Å². The molecule has 1 aromatic carbocycles. The average Bonchev–Trinajstić information content (AvgIpc) is 3.29. The van der Waals surface area contributed by atoms with Gasteiger partial charge in [-0.25, -0.2) is 0 Å². The summed E-state index contributed by atoms with van der Waals surface area (Å²) in [5, 5.41) is 12.4. The van der Waals surface area contributed by atoms with Crippen LogP contribution < -0.4 is 10.1 Å². The molecule has 0 spiro atoms. The first-order chi connectivity index (χ1) is 9.69. The summed E-state index contributed by atoms with van der Waals surface area (Å²) < 4.78 is 5.36. The van der Waals surface area contributed by atoms with Gasteiger partial charge in [0, 0.05) is 11.4 Å². The summed E-state index contributed by atoms with van der Waals surface area (Å²) in [7, 11) is 0. The Morgan fingerprint density at radius 1 is 1.45 bits per heavy atom.